The SMILES string of the molecule is COc1ccc(CNC(=O)[C@]2(Cc3ccccc3)N=C(c3ccc(OCCCO)cc3)O[C@@H]2c2ccccc2Br)cc1. The highest BCUT2D eigenvalue weighted by atomic mass is 79.9. The number of halogens is 1. The summed E-state index contributed by atoms with van der Waals surface area (Å²) in [5.74, 6) is 1.58. The predicted octanol–water partition coefficient (Wildman–Crippen LogP) is 6.03. The van der Waals surface area contributed by atoms with Gasteiger partial charge in [-0.15, -0.1) is 0 Å². The molecule has 1 heterocycles. The lowest BCUT2D eigenvalue weighted by Crippen LogP contribution is -2.49. The van der Waals surface area contributed by atoms with E-state index in [4.69, 9.17) is 24.3 Å². The summed E-state index contributed by atoms with van der Waals surface area (Å²) in [7, 11) is 1.62. The van der Waals surface area contributed by atoms with Crippen LogP contribution in [0.4, 0.5) is 0 Å². The Morgan fingerprint density at radius 3 is 2.31 bits per heavy atom. The maximum absolute atomic E-state index is 14.4. The molecule has 216 valence electrons. The van der Waals surface area contributed by atoms with Gasteiger partial charge in [-0.1, -0.05) is 76.6 Å². The minimum atomic E-state index is -1.29. The monoisotopic (exact) mass is 628 g/mol. The van der Waals surface area contributed by atoms with Crippen molar-refractivity contribution >= 4 is 27.7 Å². The van der Waals surface area contributed by atoms with Gasteiger partial charge in [-0.25, -0.2) is 4.99 Å². The third-order valence-corrected chi connectivity index (χ3v) is 7.87. The maximum Gasteiger partial charge on any atom is 0.252 e. The molecule has 2 N–H and O–H groups in total. The molecule has 42 heavy (non-hydrogen) atoms. The number of nitrogens with one attached hydrogen (secondary N) is 1. The normalized spacial score (nSPS) is 17.7. The maximum atomic E-state index is 14.4. The number of carbonyl (C=O) groups excluding carboxylic acids is 1. The molecule has 0 saturated heterocycles. The van der Waals surface area contributed by atoms with Gasteiger partial charge in [-0.2, -0.15) is 0 Å². The van der Waals surface area contributed by atoms with Crippen molar-refractivity contribution in [2.24, 2.45) is 4.99 Å². The summed E-state index contributed by atoms with van der Waals surface area (Å²) >= 11 is 3.69. The number of carbonyl (C=O) groups is 1. The Hall–Kier alpha value is -4.14. The Labute approximate surface area is 254 Å². The van der Waals surface area contributed by atoms with Crippen LogP contribution in [-0.2, 0) is 22.5 Å². The van der Waals surface area contributed by atoms with Crippen molar-refractivity contribution in [2.75, 3.05) is 20.3 Å². The second-order valence-electron chi connectivity index (χ2n) is 10.0. The highest BCUT2D eigenvalue weighted by Gasteiger charge is 2.53. The summed E-state index contributed by atoms with van der Waals surface area (Å²) < 4.78 is 18.4. The number of aliphatic hydroxyl groups excluding tert-OH is 1. The van der Waals surface area contributed by atoms with Crippen LogP contribution in [0, 0.1) is 0 Å². The second kappa shape index (κ2) is 13.7. The molecule has 7 nitrogen and oxygen atoms in total. The number of hydrogen-bond donors (Lipinski definition) is 2. The third-order valence-electron chi connectivity index (χ3n) is 7.15. The average molecular weight is 630 g/mol. The molecule has 4 aromatic rings. The van der Waals surface area contributed by atoms with Crippen LogP contribution in [0.5, 0.6) is 11.5 Å². The number of nitrogens with zero attached hydrogens (tertiary/aromatic N) is 1. The summed E-state index contributed by atoms with van der Waals surface area (Å²) in [5, 5.41) is 12.2. The van der Waals surface area contributed by atoms with Gasteiger partial charge in [0.05, 0.1) is 13.7 Å². The van der Waals surface area contributed by atoms with Gasteiger partial charge in [0, 0.05) is 41.6 Å². The number of hydrogen-bond acceptors (Lipinski definition) is 6. The first-order chi connectivity index (χ1) is 20.5. The molecule has 5 rings (SSSR count). The molecule has 1 aliphatic heterocycles. The highest BCUT2D eigenvalue weighted by molar-refractivity contribution is 9.10. The standard InChI is InChI=1S/C34H33BrN2O5/c1-40-27-16-12-25(13-17-27)23-36-33(39)34(22-24-8-3-2-4-9-24)31(29-10-5-6-11-30(29)35)42-32(37-34)26-14-18-28(19-15-26)41-21-7-20-38/h2-6,8-19,31,38H,7,20-23H2,1H3,(H,36,39)/t31-,34-/m1/s1. The van der Waals surface area contributed by atoms with Gasteiger partial charge >= 0.3 is 0 Å². The van der Waals surface area contributed by atoms with Crippen LogP contribution in [0.2, 0.25) is 0 Å². The van der Waals surface area contributed by atoms with E-state index in [-0.39, 0.29) is 12.5 Å². The molecule has 0 bridgehead atoms. The van der Waals surface area contributed by atoms with Crippen LogP contribution >= 0.6 is 15.9 Å². The number of methoxy groups -OCH3 is 1. The lowest BCUT2D eigenvalue weighted by molar-refractivity contribution is -0.129. The fourth-order valence-electron chi connectivity index (χ4n) is 4.93. The molecule has 0 aliphatic carbocycles. The van der Waals surface area contributed by atoms with E-state index in [2.05, 4.69) is 21.2 Å². The second-order valence-corrected chi connectivity index (χ2v) is 10.9. The Kier molecular flexibility index (Phi) is 9.56. The van der Waals surface area contributed by atoms with Crippen molar-refractivity contribution in [1.29, 1.82) is 0 Å². The predicted molar refractivity (Wildman–Crippen MR) is 166 cm³/mol. The first-order valence-electron chi connectivity index (χ1n) is 13.8. The van der Waals surface area contributed by atoms with Crippen LogP contribution in [0.25, 0.3) is 0 Å². The van der Waals surface area contributed by atoms with Gasteiger partial charge in [-0.3, -0.25) is 4.79 Å². The van der Waals surface area contributed by atoms with Crippen molar-refractivity contribution in [1.82, 2.24) is 5.32 Å². The molecule has 2 atom stereocenters. The number of aliphatic hydroxyl groups is 1. The zero-order valence-corrected chi connectivity index (χ0v) is 24.9. The van der Waals surface area contributed by atoms with E-state index in [1.165, 1.54) is 0 Å². The van der Waals surface area contributed by atoms with Crippen molar-refractivity contribution in [2.45, 2.75) is 31.0 Å². The fraction of sp³-hybridized carbons (Fsp3) is 0.235. The molecule has 0 fully saturated rings. The van der Waals surface area contributed by atoms with E-state index in [9.17, 15) is 4.79 Å². The van der Waals surface area contributed by atoms with Gasteiger partial charge in [0.15, 0.2) is 11.6 Å². The van der Waals surface area contributed by atoms with E-state index in [0.717, 1.165) is 32.5 Å². The topological polar surface area (TPSA) is 89.4 Å². The van der Waals surface area contributed by atoms with E-state index in [1.807, 2.05) is 103 Å². The van der Waals surface area contributed by atoms with Gasteiger partial charge < -0.3 is 24.6 Å². The van der Waals surface area contributed by atoms with Crippen LogP contribution in [0.1, 0.15) is 34.8 Å². The molecular weight excluding hydrogens is 596 g/mol. The molecule has 0 aromatic heterocycles. The van der Waals surface area contributed by atoms with Crippen molar-refractivity contribution < 1.29 is 24.1 Å². The van der Waals surface area contributed by atoms with Crippen molar-refractivity contribution in [3.05, 3.63) is 130 Å². The largest absolute Gasteiger partial charge is 0.497 e. The number of amides is 1. The van der Waals surface area contributed by atoms with Crippen LogP contribution in [0.15, 0.2) is 113 Å². The van der Waals surface area contributed by atoms with Gasteiger partial charge in [-0.05, 0) is 53.6 Å². The lowest BCUT2D eigenvalue weighted by Gasteiger charge is -2.31. The molecule has 4 aromatic carbocycles. The lowest BCUT2D eigenvalue weighted by atomic mass is 9.82. The molecule has 0 spiro atoms. The van der Waals surface area contributed by atoms with Crippen LogP contribution in [-0.4, -0.2) is 42.8 Å². The highest BCUT2D eigenvalue weighted by Crippen LogP contribution is 2.44. The van der Waals surface area contributed by atoms with Gasteiger partial charge in [0.1, 0.15) is 11.5 Å². The van der Waals surface area contributed by atoms with Crippen molar-refractivity contribution in [3.63, 3.8) is 0 Å². The molecule has 8 heteroatoms. The molecule has 0 unspecified atom stereocenters. The van der Waals surface area contributed by atoms with E-state index in [0.29, 0.717) is 37.6 Å². The number of rotatable bonds is 12. The zero-order chi connectivity index (χ0) is 29.4. The Morgan fingerprint density at radius 2 is 1.62 bits per heavy atom. The minimum absolute atomic E-state index is 0.0726. The first-order valence-corrected chi connectivity index (χ1v) is 14.6. The summed E-state index contributed by atoms with van der Waals surface area (Å²) in [4.78, 5) is 19.5. The Balaban J connectivity index is 1.53. The van der Waals surface area contributed by atoms with Gasteiger partial charge in [0.2, 0.25) is 5.90 Å². The molecule has 1 aliphatic rings. The number of ether oxygens (including phenoxy) is 3. The first kappa shape index (κ1) is 29.4. The quantitative estimate of drug-likeness (QED) is 0.187. The van der Waals surface area contributed by atoms with E-state index < -0.39 is 11.6 Å². The smallest absolute Gasteiger partial charge is 0.252 e. The molecule has 0 radical (unpaired) electrons. The minimum Gasteiger partial charge on any atom is -0.497 e. The third kappa shape index (κ3) is 6.66. The summed E-state index contributed by atoms with van der Waals surface area (Å²) in [6.07, 6.45) is 0.193. The zero-order valence-electron chi connectivity index (χ0n) is 23.3. The van der Waals surface area contributed by atoms with Crippen molar-refractivity contribution in [3.8, 4) is 11.5 Å². The molecule has 1 amide bonds. The number of aliphatic imine (C=N–C) groups is 1. The summed E-state index contributed by atoms with van der Waals surface area (Å²) in [6, 6.07) is 32.7. The summed E-state index contributed by atoms with van der Waals surface area (Å²) in [5.41, 5.74) is 2.19. The number of benzene rings is 4. The fourth-order valence-corrected chi connectivity index (χ4v) is 5.43. The molecular formula is C34H33BrN2O5. The van der Waals surface area contributed by atoms with Crippen LogP contribution in [0.3, 0.4) is 0 Å². The molecule has 0 saturated carbocycles. The average Bonchev–Trinajstić information content (AvgIpc) is 3.41. The Morgan fingerprint density at radius 1 is 0.929 bits per heavy atom. The van der Waals surface area contributed by atoms with Crippen LogP contribution < -0.4 is 14.8 Å². The van der Waals surface area contributed by atoms with E-state index in [1.54, 1.807) is 7.11 Å². The Bertz CT molecular complexity index is 1510. The summed E-state index contributed by atoms with van der Waals surface area (Å²) in [6.45, 7) is 0.821. The van der Waals surface area contributed by atoms with Gasteiger partial charge in [0.25, 0.3) is 5.91 Å². The van der Waals surface area contributed by atoms with E-state index >= 15 is 0 Å².